The summed E-state index contributed by atoms with van der Waals surface area (Å²) in [6, 6.07) is 7.82. The van der Waals surface area contributed by atoms with E-state index in [0.29, 0.717) is 19.4 Å². The summed E-state index contributed by atoms with van der Waals surface area (Å²) in [5.41, 5.74) is 2.00. The second kappa shape index (κ2) is 10.9. The van der Waals surface area contributed by atoms with Crippen molar-refractivity contribution in [3.63, 3.8) is 0 Å². The molecule has 21 heavy (non-hydrogen) atoms. The fourth-order valence-corrected chi connectivity index (χ4v) is 1.93. The van der Waals surface area contributed by atoms with Gasteiger partial charge in [-0.1, -0.05) is 50.2 Å². The van der Waals surface area contributed by atoms with Crippen LogP contribution in [0.2, 0.25) is 0 Å². The van der Waals surface area contributed by atoms with Crippen LogP contribution < -0.4 is 5.32 Å². The average molecular weight is 287 g/mol. The van der Waals surface area contributed by atoms with Crippen molar-refractivity contribution in [1.82, 2.24) is 5.32 Å². The normalized spacial score (nSPS) is 9.81. The molecule has 0 heterocycles. The maximum Gasteiger partial charge on any atom is 0.220 e. The molecule has 114 valence electrons. The number of hydrogen-bond acceptors (Lipinski definition) is 2. The predicted molar refractivity (Wildman–Crippen MR) is 85.6 cm³/mol. The fourth-order valence-electron chi connectivity index (χ4n) is 1.93. The Morgan fingerprint density at radius 2 is 1.95 bits per heavy atom. The third kappa shape index (κ3) is 8.16. The maximum atomic E-state index is 11.7. The monoisotopic (exact) mass is 287 g/mol. The van der Waals surface area contributed by atoms with E-state index in [1.807, 2.05) is 24.3 Å². The molecule has 0 saturated carbocycles. The molecule has 0 unspecified atom stereocenters. The van der Waals surface area contributed by atoms with Crippen LogP contribution in [0, 0.1) is 11.8 Å². The highest BCUT2D eigenvalue weighted by Gasteiger charge is 2.01. The molecular formula is C18H25NO2. The Morgan fingerprint density at radius 3 is 2.62 bits per heavy atom. The third-order valence-corrected chi connectivity index (χ3v) is 3.17. The van der Waals surface area contributed by atoms with E-state index in [1.54, 1.807) is 0 Å². The standard InChI is InChI=1S/C18H25NO2/c1-2-3-4-5-9-18(21)19-15-17-12-10-16(11-13-17)8-6-7-14-20/h10-13,20H,2-5,7,9,14-15H2,1H3,(H,19,21). The Bertz CT molecular complexity index is 468. The number of hydrogen-bond donors (Lipinski definition) is 2. The van der Waals surface area contributed by atoms with Crippen LogP contribution >= 0.6 is 0 Å². The molecule has 0 radical (unpaired) electrons. The first-order valence-corrected chi connectivity index (χ1v) is 7.71. The van der Waals surface area contributed by atoms with E-state index < -0.39 is 0 Å². The summed E-state index contributed by atoms with van der Waals surface area (Å²) in [6.45, 7) is 2.82. The van der Waals surface area contributed by atoms with Crippen molar-refractivity contribution in [1.29, 1.82) is 0 Å². The third-order valence-electron chi connectivity index (χ3n) is 3.17. The summed E-state index contributed by atoms with van der Waals surface area (Å²) >= 11 is 0. The van der Waals surface area contributed by atoms with Gasteiger partial charge in [0.05, 0.1) is 6.61 Å². The molecule has 1 aromatic carbocycles. The van der Waals surface area contributed by atoms with Crippen LogP contribution in [0.4, 0.5) is 0 Å². The van der Waals surface area contributed by atoms with E-state index in [2.05, 4.69) is 24.1 Å². The minimum Gasteiger partial charge on any atom is -0.395 e. The first-order valence-electron chi connectivity index (χ1n) is 7.71. The zero-order valence-corrected chi connectivity index (χ0v) is 12.8. The SMILES string of the molecule is CCCCCCC(=O)NCc1ccc(C#CCCO)cc1. The van der Waals surface area contributed by atoms with Crippen LogP contribution in [0.1, 0.15) is 56.6 Å². The summed E-state index contributed by atoms with van der Waals surface area (Å²) in [5.74, 6) is 5.99. The second-order valence-electron chi connectivity index (χ2n) is 5.06. The second-order valence-corrected chi connectivity index (χ2v) is 5.06. The first-order chi connectivity index (χ1) is 10.3. The Balaban J connectivity index is 2.29. The lowest BCUT2D eigenvalue weighted by molar-refractivity contribution is -0.121. The number of benzene rings is 1. The molecule has 1 amide bonds. The van der Waals surface area contributed by atoms with Crippen molar-refractivity contribution in [3.8, 4) is 11.8 Å². The first kappa shape index (κ1) is 17.3. The van der Waals surface area contributed by atoms with Crippen molar-refractivity contribution in [2.24, 2.45) is 0 Å². The topological polar surface area (TPSA) is 49.3 Å². The van der Waals surface area contributed by atoms with Crippen LogP contribution in [0.3, 0.4) is 0 Å². The lowest BCUT2D eigenvalue weighted by Crippen LogP contribution is -2.22. The molecule has 0 fully saturated rings. The number of rotatable bonds is 8. The lowest BCUT2D eigenvalue weighted by Gasteiger charge is -2.05. The molecule has 0 saturated heterocycles. The van der Waals surface area contributed by atoms with E-state index in [0.717, 1.165) is 24.0 Å². The summed E-state index contributed by atoms with van der Waals surface area (Å²) in [7, 11) is 0. The molecule has 3 heteroatoms. The van der Waals surface area contributed by atoms with Crippen molar-refractivity contribution >= 4 is 5.91 Å². The van der Waals surface area contributed by atoms with E-state index >= 15 is 0 Å². The van der Waals surface area contributed by atoms with Crippen molar-refractivity contribution in [2.75, 3.05) is 6.61 Å². The van der Waals surface area contributed by atoms with E-state index in [-0.39, 0.29) is 12.5 Å². The van der Waals surface area contributed by atoms with Gasteiger partial charge in [0.15, 0.2) is 0 Å². The zero-order valence-electron chi connectivity index (χ0n) is 12.8. The Morgan fingerprint density at radius 1 is 1.19 bits per heavy atom. The van der Waals surface area contributed by atoms with Crippen molar-refractivity contribution in [3.05, 3.63) is 35.4 Å². The molecule has 0 aliphatic carbocycles. The fraction of sp³-hybridized carbons (Fsp3) is 0.500. The van der Waals surface area contributed by atoms with Gasteiger partial charge in [0.25, 0.3) is 0 Å². The summed E-state index contributed by atoms with van der Waals surface area (Å²) in [4.78, 5) is 11.7. The van der Waals surface area contributed by atoms with Crippen LogP contribution in [-0.4, -0.2) is 17.6 Å². The van der Waals surface area contributed by atoms with Crippen molar-refractivity contribution in [2.45, 2.75) is 52.0 Å². The van der Waals surface area contributed by atoms with Gasteiger partial charge in [-0.15, -0.1) is 0 Å². The Kier molecular flexibility index (Phi) is 8.99. The van der Waals surface area contributed by atoms with Gasteiger partial charge in [0.2, 0.25) is 5.91 Å². The average Bonchev–Trinajstić information content (AvgIpc) is 2.51. The molecule has 0 aliphatic rings. The maximum absolute atomic E-state index is 11.7. The summed E-state index contributed by atoms with van der Waals surface area (Å²) in [5, 5.41) is 11.6. The lowest BCUT2D eigenvalue weighted by atomic mass is 10.1. The van der Waals surface area contributed by atoms with Gasteiger partial charge < -0.3 is 10.4 Å². The van der Waals surface area contributed by atoms with Gasteiger partial charge in [-0.3, -0.25) is 4.79 Å². The van der Waals surface area contributed by atoms with Crippen LogP contribution in [0.25, 0.3) is 0 Å². The number of aliphatic hydroxyl groups excluding tert-OH is 1. The smallest absolute Gasteiger partial charge is 0.220 e. The van der Waals surface area contributed by atoms with Crippen LogP contribution in [0.5, 0.6) is 0 Å². The van der Waals surface area contributed by atoms with E-state index in [9.17, 15) is 4.79 Å². The quantitative estimate of drug-likeness (QED) is 0.570. The van der Waals surface area contributed by atoms with Gasteiger partial charge in [-0.2, -0.15) is 0 Å². The number of carbonyl (C=O) groups excluding carboxylic acids is 1. The number of amides is 1. The van der Waals surface area contributed by atoms with Gasteiger partial charge in [0, 0.05) is 24.9 Å². The van der Waals surface area contributed by atoms with Crippen LogP contribution in [-0.2, 0) is 11.3 Å². The van der Waals surface area contributed by atoms with Gasteiger partial charge in [-0.05, 0) is 24.1 Å². The molecule has 0 spiro atoms. The van der Waals surface area contributed by atoms with Crippen molar-refractivity contribution < 1.29 is 9.90 Å². The Hall–Kier alpha value is -1.79. The molecule has 0 aromatic heterocycles. The molecule has 2 N–H and O–H groups in total. The molecule has 1 aromatic rings. The Labute approximate surface area is 127 Å². The molecule has 3 nitrogen and oxygen atoms in total. The highest BCUT2D eigenvalue weighted by atomic mass is 16.2. The number of nitrogens with one attached hydrogen (secondary N) is 1. The van der Waals surface area contributed by atoms with Gasteiger partial charge in [-0.25, -0.2) is 0 Å². The summed E-state index contributed by atoms with van der Waals surface area (Å²) < 4.78 is 0. The van der Waals surface area contributed by atoms with E-state index in [1.165, 1.54) is 12.8 Å². The molecule has 0 aliphatic heterocycles. The number of unbranched alkanes of at least 4 members (excludes halogenated alkanes) is 3. The van der Waals surface area contributed by atoms with Gasteiger partial charge in [0.1, 0.15) is 0 Å². The predicted octanol–water partition coefficient (Wildman–Crippen LogP) is 3.01. The molecule has 1 rings (SSSR count). The molecule has 0 atom stereocenters. The largest absolute Gasteiger partial charge is 0.395 e. The molecular weight excluding hydrogens is 262 g/mol. The highest BCUT2D eigenvalue weighted by Crippen LogP contribution is 2.05. The number of carbonyl (C=O) groups is 1. The highest BCUT2D eigenvalue weighted by molar-refractivity contribution is 5.75. The van der Waals surface area contributed by atoms with Crippen LogP contribution in [0.15, 0.2) is 24.3 Å². The van der Waals surface area contributed by atoms with Gasteiger partial charge >= 0.3 is 0 Å². The minimum absolute atomic E-state index is 0.0926. The summed E-state index contributed by atoms with van der Waals surface area (Å²) in [6.07, 6.45) is 5.60. The molecule has 0 bridgehead atoms. The minimum atomic E-state index is 0.0926. The number of aliphatic hydroxyl groups is 1. The van der Waals surface area contributed by atoms with E-state index in [4.69, 9.17) is 5.11 Å². The zero-order chi connectivity index (χ0) is 15.3.